The lowest BCUT2D eigenvalue weighted by Gasteiger charge is -2.24. The van der Waals surface area contributed by atoms with Crippen molar-refractivity contribution in [3.05, 3.63) is 28.3 Å². The summed E-state index contributed by atoms with van der Waals surface area (Å²) in [4.78, 5) is 17.6. The maximum atomic E-state index is 10.9. The first-order valence-electron chi connectivity index (χ1n) is 8.96. The van der Waals surface area contributed by atoms with Crippen LogP contribution in [0.5, 0.6) is 5.75 Å². The highest BCUT2D eigenvalue weighted by molar-refractivity contribution is 8.14. The van der Waals surface area contributed by atoms with E-state index in [0.29, 0.717) is 11.4 Å². The summed E-state index contributed by atoms with van der Waals surface area (Å²) in [6.45, 7) is 2.09. The smallest absolute Gasteiger partial charge is 0.273 e. The van der Waals surface area contributed by atoms with Gasteiger partial charge in [0.1, 0.15) is 5.69 Å². The molecule has 0 radical (unpaired) electrons. The molecule has 0 atom stereocenters. The van der Waals surface area contributed by atoms with Gasteiger partial charge >= 0.3 is 0 Å². The summed E-state index contributed by atoms with van der Waals surface area (Å²) >= 11 is 1.76. The Kier molecular flexibility index (Phi) is 6.18. The van der Waals surface area contributed by atoms with Gasteiger partial charge in [0.2, 0.25) is 0 Å². The van der Waals surface area contributed by atoms with E-state index in [1.54, 1.807) is 17.8 Å². The average molecular weight is 363 g/mol. The number of nitrogens with zero attached hydrogens (tertiary/aromatic N) is 3. The van der Waals surface area contributed by atoms with Gasteiger partial charge in [-0.2, -0.15) is 0 Å². The maximum absolute atomic E-state index is 10.9. The van der Waals surface area contributed by atoms with Crippen molar-refractivity contribution in [3.63, 3.8) is 0 Å². The first kappa shape index (κ1) is 18.0. The van der Waals surface area contributed by atoms with Crippen LogP contribution in [0.1, 0.15) is 38.5 Å². The van der Waals surface area contributed by atoms with Crippen molar-refractivity contribution in [3.8, 4) is 5.75 Å². The predicted octanol–water partition coefficient (Wildman–Crippen LogP) is 4.61. The summed E-state index contributed by atoms with van der Waals surface area (Å²) in [6.07, 6.45) is 8.05. The molecule has 1 aliphatic carbocycles. The molecule has 1 saturated heterocycles. The first-order chi connectivity index (χ1) is 12.2. The van der Waals surface area contributed by atoms with Gasteiger partial charge in [-0.05, 0) is 24.8 Å². The summed E-state index contributed by atoms with van der Waals surface area (Å²) < 4.78 is 5.31. The SMILES string of the molecule is COc1cc([N+](=O)[O-])ccc1N=C1SCCN1CC1CCCCCC1. The van der Waals surface area contributed by atoms with Crippen molar-refractivity contribution >= 4 is 28.3 Å². The normalized spacial score (nSPS) is 20.7. The molecule has 1 aromatic carbocycles. The minimum atomic E-state index is -0.415. The lowest BCUT2D eigenvalue weighted by atomic mass is 10.00. The minimum absolute atomic E-state index is 0.0233. The van der Waals surface area contributed by atoms with E-state index in [0.717, 1.165) is 29.9 Å². The molecule has 1 saturated carbocycles. The fourth-order valence-electron chi connectivity index (χ4n) is 3.54. The highest BCUT2D eigenvalue weighted by atomic mass is 32.2. The average Bonchev–Trinajstić information content (AvgIpc) is 2.88. The predicted molar refractivity (Wildman–Crippen MR) is 102 cm³/mol. The highest BCUT2D eigenvalue weighted by Crippen LogP contribution is 2.34. The van der Waals surface area contributed by atoms with Gasteiger partial charge in [-0.1, -0.05) is 37.4 Å². The largest absolute Gasteiger partial charge is 0.494 e. The number of ether oxygens (including phenoxy) is 1. The highest BCUT2D eigenvalue weighted by Gasteiger charge is 2.24. The lowest BCUT2D eigenvalue weighted by Crippen LogP contribution is -2.30. The van der Waals surface area contributed by atoms with Crippen molar-refractivity contribution < 1.29 is 9.66 Å². The summed E-state index contributed by atoms with van der Waals surface area (Å²) in [5, 5.41) is 11.9. The Labute approximate surface area is 152 Å². The molecule has 0 aromatic heterocycles. The van der Waals surface area contributed by atoms with Crippen LogP contribution in [-0.2, 0) is 0 Å². The molecule has 7 heteroatoms. The standard InChI is InChI=1S/C18H25N3O3S/c1-24-17-12-15(21(22)23)8-9-16(17)19-18-20(10-11-25-18)13-14-6-4-2-3-5-7-14/h8-9,12,14H,2-7,10-11,13H2,1H3. The first-order valence-corrected chi connectivity index (χ1v) is 9.95. The number of hydrogen-bond donors (Lipinski definition) is 0. The molecule has 0 spiro atoms. The molecular weight excluding hydrogens is 338 g/mol. The van der Waals surface area contributed by atoms with Gasteiger partial charge in [0.05, 0.1) is 18.1 Å². The van der Waals surface area contributed by atoms with Gasteiger partial charge in [0.25, 0.3) is 5.69 Å². The van der Waals surface area contributed by atoms with Crippen LogP contribution in [0.15, 0.2) is 23.2 Å². The van der Waals surface area contributed by atoms with Gasteiger partial charge in [-0.25, -0.2) is 4.99 Å². The maximum Gasteiger partial charge on any atom is 0.273 e. The van der Waals surface area contributed by atoms with E-state index in [1.807, 2.05) is 0 Å². The topological polar surface area (TPSA) is 68.0 Å². The Morgan fingerprint density at radius 1 is 1.32 bits per heavy atom. The molecule has 0 bridgehead atoms. The molecule has 2 aliphatic rings. The van der Waals surface area contributed by atoms with E-state index in [4.69, 9.17) is 9.73 Å². The number of aliphatic imine (C=N–C) groups is 1. The molecule has 25 heavy (non-hydrogen) atoms. The number of thioether (sulfide) groups is 1. The van der Waals surface area contributed by atoms with E-state index in [1.165, 1.54) is 57.8 Å². The van der Waals surface area contributed by atoms with Gasteiger partial charge < -0.3 is 9.64 Å². The molecular formula is C18H25N3O3S. The Morgan fingerprint density at radius 2 is 2.08 bits per heavy atom. The number of benzene rings is 1. The third kappa shape index (κ3) is 4.66. The summed E-state index contributed by atoms with van der Waals surface area (Å²) in [7, 11) is 1.52. The molecule has 0 N–H and O–H groups in total. The minimum Gasteiger partial charge on any atom is -0.494 e. The lowest BCUT2D eigenvalue weighted by molar-refractivity contribution is -0.384. The summed E-state index contributed by atoms with van der Waals surface area (Å²) in [5.74, 6) is 2.25. The van der Waals surface area contributed by atoms with Crippen LogP contribution in [0.4, 0.5) is 11.4 Å². The fourth-order valence-corrected chi connectivity index (χ4v) is 4.55. The molecule has 0 amide bonds. The van der Waals surface area contributed by atoms with Gasteiger partial charge in [0.15, 0.2) is 10.9 Å². The van der Waals surface area contributed by atoms with Crippen LogP contribution in [-0.4, -0.2) is 40.9 Å². The van der Waals surface area contributed by atoms with Crippen LogP contribution in [0.2, 0.25) is 0 Å². The molecule has 6 nitrogen and oxygen atoms in total. The number of hydrogen-bond acceptors (Lipinski definition) is 5. The zero-order valence-corrected chi connectivity index (χ0v) is 15.5. The van der Waals surface area contributed by atoms with E-state index >= 15 is 0 Å². The Morgan fingerprint density at radius 3 is 2.76 bits per heavy atom. The molecule has 1 aliphatic heterocycles. The van der Waals surface area contributed by atoms with E-state index in [-0.39, 0.29) is 5.69 Å². The van der Waals surface area contributed by atoms with Crippen molar-refractivity contribution in [2.45, 2.75) is 38.5 Å². The Hall–Kier alpha value is -1.76. The van der Waals surface area contributed by atoms with Crippen molar-refractivity contribution in [1.82, 2.24) is 4.90 Å². The fraction of sp³-hybridized carbons (Fsp3) is 0.611. The van der Waals surface area contributed by atoms with Crippen LogP contribution >= 0.6 is 11.8 Å². The summed E-state index contributed by atoms with van der Waals surface area (Å²) in [6, 6.07) is 4.60. The van der Waals surface area contributed by atoms with E-state index in [2.05, 4.69) is 4.90 Å². The van der Waals surface area contributed by atoms with E-state index in [9.17, 15) is 10.1 Å². The Balaban J connectivity index is 1.76. The number of non-ortho nitro benzene ring substituents is 1. The second-order valence-corrected chi connectivity index (χ2v) is 7.72. The van der Waals surface area contributed by atoms with Crippen LogP contribution < -0.4 is 4.74 Å². The molecule has 2 fully saturated rings. The zero-order valence-electron chi connectivity index (χ0n) is 14.6. The number of methoxy groups -OCH3 is 1. The number of nitro benzene ring substituents is 1. The van der Waals surface area contributed by atoms with Crippen LogP contribution in [0, 0.1) is 16.0 Å². The zero-order chi connectivity index (χ0) is 17.6. The van der Waals surface area contributed by atoms with Crippen LogP contribution in [0.25, 0.3) is 0 Å². The number of nitro groups is 1. The second kappa shape index (κ2) is 8.56. The van der Waals surface area contributed by atoms with Gasteiger partial charge in [-0.3, -0.25) is 10.1 Å². The second-order valence-electron chi connectivity index (χ2n) is 6.66. The van der Waals surface area contributed by atoms with Crippen molar-refractivity contribution in [1.29, 1.82) is 0 Å². The van der Waals surface area contributed by atoms with Gasteiger partial charge in [-0.15, -0.1) is 0 Å². The van der Waals surface area contributed by atoms with Crippen LogP contribution in [0.3, 0.4) is 0 Å². The molecule has 0 unspecified atom stereocenters. The summed E-state index contributed by atoms with van der Waals surface area (Å²) in [5.41, 5.74) is 0.679. The molecule has 3 rings (SSSR count). The van der Waals surface area contributed by atoms with E-state index < -0.39 is 4.92 Å². The number of amidine groups is 1. The van der Waals surface area contributed by atoms with Crippen molar-refractivity contribution in [2.24, 2.45) is 10.9 Å². The van der Waals surface area contributed by atoms with Crippen molar-refractivity contribution in [2.75, 3.05) is 26.0 Å². The Bertz CT molecular complexity index is 642. The van der Waals surface area contributed by atoms with Gasteiger partial charge in [0, 0.05) is 24.9 Å². The number of rotatable bonds is 5. The third-order valence-electron chi connectivity index (χ3n) is 4.91. The molecule has 1 heterocycles. The molecule has 1 aromatic rings. The molecule has 136 valence electrons. The monoisotopic (exact) mass is 363 g/mol. The third-order valence-corrected chi connectivity index (χ3v) is 5.90. The quantitative estimate of drug-likeness (QED) is 0.434.